The SMILES string of the molecule is Cc1ccc(C2(C#N)CCN(C(=O)OC(C)(C)C)CC2)c(F)c1. The third-order valence-electron chi connectivity index (χ3n) is 4.12. The highest BCUT2D eigenvalue weighted by Crippen LogP contribution is 2.37. The first kappa shape index (κ1) is 17.3. The molecule has 0 aromatic heterocycles. The number of likely N-dealkylation sites (tertiary alicyclic amines) is 1. The Labute approximate surface area is 136 Å². The van der Waals surface area contributed by atoms with Crippen LogP contribution in [0.1, 0.15) is 44.7 Å². The van der Waals surface area contributed by atoms with E-state index in [2.05, 4.69) is 6.07 Å². The van der Waals surface area contributed by atoms with Gasteiger partial charge in [0.15, 0.2) is 0 Å². The van der Waals surface area contributed by atoms with Crippen LogP contribution in [0, 0.1) is 24.1 Å². The largest absolute Gasteiger partial charge is 0.444 e. The fraction of sp³-hybridized carbons (Fsp3) is 0.556. The molecule has 1 aromatic rings. The number of hydrogen-bond acceptors (Lipinski definition) is 3. The first-order chi connectivity index (χ1) is 10.7. The van der Waals surface area contributed by atoms with Crippen molar-refractivity contribution < 1.29 is 13.9 Å². The summed E-state index contributed by atoms with van der Waals surface area (Å²) in [6.45, 7) is 8.03. The van der Waals surface area contributed by atoms with E-state index >= 15 is 0 Å². The van der Waals surface area contributed by atoms with Crippen molar-refractivity contribution in [1.82, 2.24) is 4.90 Å². The topological polar surface area (TPSA) is 53.3 Å². The van der Waals surface area contributed by atoms with Crippen molar-refractivity contribution in [2.24, 2.45) is 0 Å². The fourth-order valence-corrected chi connectivity index (χ4v) is 2.85. The molecule has 4 nitrogen and oxygen atoms in total. The van der Waals surface area contributed by atoms with Crippen molar-refractivity contribution in [2.75, 3.05) is 13.1 Å². The Balaban J connectivity index is 2.14. The molecule has 0 atom stereocenters. The van der Waals surface area contributed by atoms with Crippen LogP contribution in [0.2, 0.25) is 0 Å². The molecule has 0 radical (unpaired) electrons. The Bertz CT molecular complexity index is 635. The number of ether oxygens (including phenoxy) is 1. The summed E-state index contributed by atoms with van der Waals surface area (Å²) in [4.78, 5) is 13.7. The summed E-state index contributed by atoms with van der Waals surface area (Å²) in [6, 6.07) is 7.24. The minimum atomic E-state index is -0.879. The van der Waals surface area contributed by atoms with E-state index in [4.69, 9.17) is 4.74 Å². The van der Waals surface area contributed by atoms with Crippen molar-refractivity contribution in [1.29, 1.82) is 5.26 Å². The van der Waals surface area contributed by atoms with Crippen molar-refractivity contribution >= 4 is 6.09 Å². The number of nitrogens with zero attached hydrogens (tertiary/aromatic N) is 2. The van der Waals surface area contributed by atoms with E-state index in [1.165, 1.54) is 6.07 Å². The van der Waals surface area contributed by atoms with E-state index in [0.29, 0.717) is 31.5 Å². The van der Waals surface area contributed by atoms with Crippen LogP contribution in [-0.4, -0.2) is 29.7 Å². The standard InChI is InChI=1S/C18H23FN2O2/c1-13-5-6-14(15(19)11-13)18(12-20)7-9-21(10-8-18)16(22)23-17(2,3)4/h5-6,11H,7-10H2,1-4H3. The Morgan fingerprint density at radius 1 is 1.35 bits per heavy atom. The maximum absolute atomic E-state index is 14.3. The molecule has 0 saturated carbocycles. The average Bonchev–Trinajstić information content (AvgIpc) is 2.45. The van der Waals surface area contributed by atoms with Crippen LogP contribution in [0.3, 0.4) is 0 Å². The number of rotatable bonds is 1. The lowest BCUT2D eigenvalue weighted by molar-refractivity contribution is 0.0184. The van der Waals surface area contributed by atoms with E-state index < -0.39 is 11.0 Å². The first-order valence-electron chi connectivity index (χ1n) is 7.83. The number of piperidine rings is 1. The Morgan fingerprint density at radius 2 is 1.96 bits per heavy atom. The van der Waals surface area contributed by atoms with Crippen LogP contribution in [-0.2, 0) is 10.2 Å². The summed E-state index contributed by atoms with van der Waals surface area (Å²) >= 11 is 0. The molecule has 23 heavy (non-hydrogen) atoms. The van der Waals surface area contributed by atoms with Gasteiger partial charge in [-0.05, 0) is 52.2 Å². The highest BCUT2D eigenvalue weighted by Gasteiger charge is 2.40. The maximum atomic E-state index is 14.3. The zero-order valence-electron chi connectivity index (χ0n) is 14.1. The molecule has 0 aliphatic carbocycles. The number of nitriles is 1. The lowest BCUT2D eigenvalue weighted by Crippen LogP contribution is -2.46. The molecule has 1 aliphatic heterocycles. The number of aryl methyl sites for hydroxylation is 1. The van der Waals surface area contributed by atoms with Crippen LogP contribution in [0.25, 0.3) is 0 Å². The van der Waals surface area contributed by atoms with Gasteiger partial charge in [0.25, 0.3) is 0 Å². The van der Waals surface area contributed by atoms with Gasteiger partial charge < -0.3 is 9.64 Å². The predicted octanol–water partition coefficient (Wildman–Crippen LogP) is 3.93. The summed E-state index contributed by atoms with van der Waals surface area (Å²) in [7, 11) is 0. The smallest absolute Gasteiger partial charge is 0.410 e. The highest BCUT2D eigenvalue weighted by atomic mass is 19.1. The molecule has 0 unspecified atom stereocenters. The summed E-state index contributed by atoms with van der Waals surface area (Å²) in [5, 5.41) is 9.65. The van der Waals surface area contributed by atoms with E-state index in [1.54, 1.807) is 11.0 Å². The van der Waals surface area contributed by atoms with Gasteiger partial charge in [-0.15, -0.1) is 0 Å². The van der Waals surface area contributed by atoms with Gasteiger partial charge in [0.05, 0.1) is 11.5 Å². The summed E-state index contributed by atoms with van der Waals surface area (Å²) in [6.07, 6.45) is 0.430. The van der Waals surface area contributed by atoms with Gasteiger partial charge in [0, 0.05) is 18.7 Å². The van der Waals surface area contributed by atoms with Gasteiger partial charge >= 0.3 is 6.09 Å². The molecule has 1 aromatic carbocycles. The number of carbonyl (C=O) groups is 1. The van der Waals surface area contributed by atoms with Crippen LogP contribution in [0.5, 0.6) is 0 Å². The second-order valence-corrected chi connectivity index (χ2v) is 7.14. The van der Waals surface area contributed by atoms with Crippen LogP contribution in [0.15, 0.2) is 18.2 Å². The second-order valence-electron chi connectivity index (χ2n) is 7.14. The molecule has 1 fully saturated rings. The molecule has 1 aliphatic rings. The maximum Gasteiger partial charge on any atom is 0.410 e. The zero-order valence-corrected chi connectivity index (χ0v) is 14.1. The minimum Gasteiger partial charge on any atom is -0.444 e. The quantitative estimate of drug-likeness (QED) is 0.788. The lowest BCUT2D eigenvalue weighted by atomic mass is 9.73. The third-order valence-corrected chi connectivity index (χ3v) is 4.12. The van der Waals surface area contributed by atoms with Crippen LogP contribution in [0.4, 0.5) is 9.18 Å². The Morgan fingerprint density at radius 3 is 2.43 bits per heavy atom. The molecular formula is C18H23FN2O2. The summed E-state index contributed by atoms with van der Waals surface area (Å²) < 4.78 is 19.6. The van der Waals surface area contributed by atoms with E-state index in [0.717, 1.165) is 5.56 Å². The molecule has 1 saturated heterocycles. The molecule has 1 heterocycles. The zero-order chi connectivity index (χ0) is 17.3. The second kappa shape index (κ2) is 6.19. The molecule has 1 amide bonds. The van der Waals surface area contributed by atoms with Crippen LogP contribution < -0.4 is 0 Å². The number of hydrogen-bond donors (Lipinski definition) is 0. The molecule has 0 spiro atoms. The third kappa shape index (κ3) is 3.82. The van der Waals surface area contributed by atoms with Gasteiger partial charge in [0.1, 0.15) is 11.4 Å². The van der Waals surface area contributed by atoms with Crippen molar-refractivity contribution in [3.05, 3.63) is 35.1 Å². The van der Waals surface area contributed by atoms with Crippen LogP contribution >= 0.6 is 0 Å². The first-order valence-corrected chi connectivity index (χ1v) is 7.83. The summed E-state index contributed by atoms with van der Waals surface area (Å²) in [5.74, 6) is -0.350. The molecule has 2 rings (SSSR count). The molecule has 5 heteroatoms. The number of carbonyl (C=O) groups excluding carboxylic acids is 1. The monoisotopic (exact) mass is 318 g/mol. The van der Waals surface area contributed by atoms with Gasteiger partial charge in [0.2, 0.25) is 0 Å². The van der Waals surface area contributed by atoms with Crippen molar-refractivity contribution in [3.63, 3.8) is 0 Å². The number of halogens is 1. The minimum absolute atomic E-state index is 0.350. The lowest BCUT2D eigenvalue weighted by Gasteiger charge is -2.38. The van der Waals surface area contributed by atoms with E-state index in [-0.39, 0.29) is 11.9 Å². The molecule has 124 valence electrons. The van der Waals surface area contributed by atoms with Gasteiger partial charge in [-0.3, -0.25) is 0 Å². The van der Waals surface area contributed by atoms with Crippen molar-refractivity contribution in [3.8, 4) is 6.07 Å². The number of benzene rings is 1. The van der Waals surface area contributed by atoms with E-state index in [1.807, 2.05) is 33.8 Å². The number of amides is 1. The van der Waals surface area contributed by atoms with Gasteiger partial charge in [-0.25, -0.2) is 9.18 Å². The summed E-state index contributed by atoms with van der Waals surface area (Å²) in [5.41, 5.74) is -0.180. The predicted molar refractivity (Wildman–Crippen MR) is 85.5 cm³/mol. The Kier molecular flexibility index (Phi) is 4.65. The molecular weight excluding hydrogens is 295 g/mol. The normalized spacial score (nSPS) is 17.5. The molecule has 0 N–H and O–H groups in total. The van der Waals surface area contributed by atoms with Crippen molar-refractivity contribution in [2.45, 2.75) is 51.6 Å². The highest BCUT2D eigenvalue weighted by molar-refractivity contribution is 5.68. The fourth-order valence-electron chi connectivity index (χ4n) is 2.85. The van der Waals surface area contributed by atoms with Gasteiger partial charge in [-0.1, -0.05) is 12.1 Å². The molecule has 0 bridgehead atoms. The average molecular weight is 318 g/mol. The van der Waals surface area contributed by atoms with E-state index in [9.17, 15) is 14.4 Å². The van der Waals surface area contributed by atoms with Gasteiger partial charge in [-0.2, -0.15) is 5.26 Å². The Hall–Kier alpha value is -2.09.